The molecule has 3 bridgehead atoms. The van der Waals surface area contributed by atoms with Crippen molar-refractivity contribution in [2.75, 3.05) is 6.61 Å². The van der Waals surface area contributed by atoms with Gasteiger partial charge in [0, 0.05) is 0 Å². The average Bonchev–Trinajstić information content (AvgIpc) is 2.95. The van der Waals surface area contributed by atoms with Gasteiger partial charge in [-0.15, -0.1) is 0 Å². The second-order valence-corrected chi connectivity index (χ2v) is 8.72. The summed E-state index contributed by atoms with van der Waals surface area (Å²) >= 11 is 0. The quantitative estimate of drug-likeness (QED) is 0.588. The Hall–Kier alpha value is -0.860. The van der Waals surface area contributed by atoms with Crippen molar-refractivity contribution >= 4 is 12.3 Å². The first-order valence-electron chi connectivity index (χ1n) is 7.73. The minimum Gasteiger partial charge on any atom is -0.458 e. The molecule has 4 atom stereocenters. The van der Waals surface area contributed by atoms with Crippen LogP contribution in [0, 0.1) is 33.5 Å². The number of hydrogen-bond acceptors (Lipinski definition) is 3. The fraction of sp³-hybridized carbons (Fsp3) is 0.882. The zero-order valence-electron chi connectivity index (χ0n) is 13.3. The third-order valence-electron chi connectivity index (χ3n) is 7.33. The monoisotopic (exact) mass is 278 g/mol. The summed E-state index contributed by atoms with van der Waals surface area (Å²) in [5.74, 6) is 0.292. The van der Waals surface area contributed by atoms with E-state index in [-0.39, 0.29) is 29.3 Å². The third-order valence-corrected chi connectivity index (χ3v) is 7.33. The molecule has 112 valence electrons. The second-order valence-electron chi connectivity index (χ2n) is 8.72. The molecule has 4 rings (SSSR count). The summed E-state index contributed by atoms with van der Waals surface area (Å²) in [6.07, 6.45) is 4.05. The van der Waals surface area contributed by atoms with Crippen LogP contribution in [0.15, 0.2) is 0 Å². The van der Waals surface area contributed by atoms with Crippen LogP contribution in [0.2, 0.25) is 0 Å². The maximum absolute atomic E-state index is 12.3. The summed E-state index contributed by atoms with van der Waals surface area (Å²) < 4.78 is 5.11. The molecule has 0 heterocycles. The van der Waals surface area contributed by atoms with E-state index in [0.29, 0.717) is 23.0 Å². The Morgan fingerprint density at radius 3 is 2.40 bits per heavy atom. The SMILES string of the molecule is CC(C)(C)C12CC3(CC(C(=O)OCC=O)C1C3)C2(C)C. The first-order valence-corrected chi connectivity index (χ1v) is 7.73. The summed E-state index contributed by atoms with van der Waals surface area (Å²) in [5, 5.41) is 0. The van der Waals surface area contributed by atoms with E-state index in [9.17, 15) is 9.59 Å². The average molecular weight is 278 g/mol. The topological polar surface area (TPSA) is 43.4 Å². The molecular formula is C17H26O3. The van der Waals surface area contributed by atoms with E-state index < -0.39 is 0 Å². The molecule has 3 nitrogen and oxygen atoms in total. The molecule has 0 saturated heterocycles. The van der Waals surface area contributed by atoms with Gasteiger partial charge in [0.2, 0.25) is 0 Å². The Bertz CT molecular complexity index is 473. The number of esters is 1. The van der Waals surface area contributed by atoms with E-state index in [4.69, 9.17) is 4.74 Å². The Balaban J connectivity index is 1.91. The Labute approximate surface area is 121 Å². The van der Waals surface area contributed by atoms with Crippen molar-refractivity contribution in [3.63, 3.8) is 0 Å². The summed E-state index contributed by atoms with van der Waals surface area (Å²) in [4.78, 5) is 22.7. The summed E-state index contributed by atoms with van der Waals surface area (Å²) in [6, 6.07) is 0. The Kier molecular flexibility index (Phi) is 2.58. The predicted molar refractivity (Wildman–Crippen MR) is 76.0 cm³/mol. The first-order chi connectivity index (χ1) is 9.13. The number of ether oxygens (including phenoxy) is 1. The molecule has 4 aliphatic carbocycles. The van der Waals surface area contributed by atoms with Gasteiger partial charge >= 0.3 is 5.97 Å². The Morgan fingerprint density at radius 2 is 1.95 bits per heavy atom. The molecule has 3 heteroatoms. The van der Waals surface area contributed by atoms with E-state index >= 15 is 0 Å². The molecule has 0 aliphatic heterocycles. The molecule has 1 spiro atoms. The number of carbonyl (C=O) groups excluding carboxylic acids is 2. The van der Waals surface area contributed by atoms with E-state index in [0.717, 1.165) is 12.8 Å². The molecular weight excluding hydrogens is 252 g/mol. The van der Waals surface area contributed by atoms with E-state index in [1.807, 2.05) is 0 Å². The molecule has 4 unspecified atom stereocenters. The number of hydrogen-bond donors (Lipinski definition) is 0. The highest BCUT2D eigenvalue weighted by Gasteiger charge is 2.85. The standard InChI is InChI=1S/C17H26O3/c1-14(2,3)17-10-16(15(17,4)5)8-11(12(17)9-16)13(19)20-7-6-18/h6,11-12H,7-10H2,1-5H3. The van der Waals surface area contributed by atoms with Crippen molar-refractivity contribution in [1.29, 1.82) is 0 Å². The van der Waals surface area contributed by atoms with Gasteiger partial charge in [-0.05, 0) is 46.8 Å². The van der Waals surface area contributed by atoms with Gasteiger partial charge < -0.3 is 4.74 Å². The van der Waals surface area contributed by atoms with E-state index in [1.54, 1.807) is 0 Å². The molecule has 4 fully saturated rings. The van der Waals surface area contributed by atoms with E-state index in [2.05, 4.69) is 34.6 Å². The van der Waals surface area contributed by atoms with Crippen molar-refractivity contribution in [1.82, 2.24) is 0 Å². The fourth-order valence-electron chi connectivity index (χ4n) is 6.55. The van der Waals surface area contributed by atoms with Gasteiger partial charge in [-0.25, -0.2) is 0 Å². The van der Waals surface area contributed by atoms with Crippen molar-refractivity contribution in [2.45, 2.75) is 53.9 Å². The molecule has 0 radical (unpaired) electrons. The highest BCUT2D eigenvalue weighted by Crippen LogP contribution is 2.90. The molecule has 4 aliphatic rings. The lowest BCUT2D eigenvalue weighted by atomic mass is 9.32. The van der Waals surface area contributed by atoms with Gasteiger partial charge in [-0.1, -0.05) is 34.6 Å². The third kappa shape index (κ3) is 1.23. The van der Waals surface area contributed by atoms with Gasteiger partial charge in [0.1, 0.15) is 6.61 Å². The maximum atomic E-state index is 12.3. The fourth-order valence-corrected chi connectivity index (χ4v) is 6.55. The number of aldehydes is 1. The van der Waals surface area contributed by atoms with Crippen LogP contribution in [0.3, 0.4) is 0 Å². The van der Waals surface area contributed by atoms with Gasteiger partial charge in [0.05, 0.1) is 5.92 Å². The lowest BCUT2D eigenvalue weighted by Crippen LogP contribution is -2.67. The van der Waals surface area contributed by atoms with Crippen molar-refractivity contribution in [2.24, 2.45) is 33.5 Å². The Morgan fingerprint density at radius 1 is 1.30 bits per heavy atom. The largest absolute Gasteiger partial charge is 0.458 e. The van der Waals surface area contributed by atoms with Crippen LogP contribution < -0.4 is 0 Å². The summed E-state index contributed by atoms with van der Waals surface area (Å²) in [6.45, 7) is 11.6. The summed E-state index contributed by atoms with van der Waals surface area (Å²) in [7, 11) is 0. The smallest absolute Gasteiger partial charge is 0.309 e. The lowest BCUT2D eigenvalue weighted by Gasteiger charge is -2.72. The normalized spacial score (nSPS) is 44.0. The van der Waals surface area contributed by atoms with Gasteiger partial charge in [-0.2, -0.15) is 0 Å². The van der Waals surface area contributed by atoms with Crippen LogP contribution in [-0.2, 0) is 14.3 Å². The molecule has 0 aromatic heterocycles. The number of carbonyl (C=O) groups is 2. The lowest BCUT2D eigenvalue weighted by molar-refractivity contribution is -0.246. The van der Waals surface area contributed by atoms with Crippen molar-refractivity contribution < 1.29 is 14.3 Å². The molecule has 4 saturated carbocycles. The van der Waals surface area contributed by atoms with Crippen molar-refractivity contribution in [3.05, 3.63) is 0 Å². The van der Waals surface area contributed by atoms with Crippen LogP contribution in [0.4, 0.5) is 0 Å². The molecule has 0 N–H and O–H groups in total. The van der Waals surface area contributed by atoms with Crippen LogP contribution in [0.1, 0.15) is 53.9 Å². The number of rotatable bonds is 3. The van der Waals surface area contributed by atoms with Gasteiger partial charge in [0.15, 0.2) is 6.29 Å². The minimum absolute atomic E-state index is 0.0101. The van der Waals surface area contributed by atoms with Gasteiger partial charge in [0.25, 0.3) is 0 Å². The van der Waals surface area contributed by atoms with E-state index in [1.165, 1.54) is 6.42 Å². The maximum Gasteiger partial charge on any atom is 0.309 e. The zero-order valence-corrected chi connectivity index (χ0v) is 13.3. The van der Waals surface area contributed by atoms with Crippen LogP contribution in [-0.4, -0.2) is 18.9 Å². The predicted octanol–water partition coefficient (Wildman–Crippen LogP) is 3.22. The zero-order chi connectivity index (χ0) is 15.0. The molecule has 0 amide bonds. The van der Waals surface area contributed by atoms with Crippen molar-refractivity contribution in [3.8, 4) is 0 Å². The molecule has 0 aromatic carbocycles. The highest BCUT2D eigenvalue weighted by atomic mass is 16.5. The second kappa shape index (κ2) is 3.66. The highest BCUT2D eigenvalue weighted by molar-refractivity contribution is 5.76. The molecule has 0 aromatic rings. The van der Waals surface area contributed by atoms with Gasteiger partial charge in [-0.3, -0.25) is 9.59 Å². The summed E-state index contributed by atoms with van der Waals surface area (Å²) in [5.41, 5.74) is 1.08. The first kappa shape index (κ1) is 14.1. The van der Waals surface area contributed by atoms with Crippen LogP contribution >= 0.6 is 0 Å². The minimum atomic E-state index is -0.146. The van der Waals surface area contributed by atoms with Crippen LogP contribution in [0.25, 0.3) is 0 Å². The molecule has 20 heavy (non-hydrogen) atoms. The van der Waals surface area contributed by atoms with Crippen LogP contribution in [0.5, 0.6) is 0 Å².